The van der Waals surface area contributed by atoms with Crippen LogP contribution in [0.2, 0.25) is 0 Å². The Labute approximate surface area is 179 Å². The molecular weight excluding hydrogens is 392 g/mol. The Morgan fingerprint density at radius 2 is 1.55 bits per heavy atom. The van der Waals surface area contributed by atoms with Gasteiger partial charge < -0.3 is 19.8 Å². The highest BCUT2D eigenvalue weighted by Gasteiger charge is 2.13. The van der Waals surface area contributed by atoms with Crippen molar-refractivity contribution in [1.82, 2.24) is 0 Å². The quantitative estimate of drug-likeness (QED) is 0.405. The van der Waals surface area contributed by atoms with E-state index >= 15 is 0 Å². The Kier molecular flexibility index (Phi) is 5.98. The topological polar surface area (TPSA) is 80.6 Å². The molecule has 0 aliphatic rings. The Bertz CT molecular complexity index is 1180. The molecule has 1 aromatic heterocycles. The molecule has 0 radical (unpaired) electrons. The van der Waals surface area contributed by atoms with Crippen molar-refractivity contribution in [1.29, 1.82) is 0 Å². The molecule has 156 valence electrons. The van der Waals surface area contributed by atoms with Crippen LogP contribution in [0.15, 0.2) is 83.3 Å². The van der Waals surface area contributed by atoms with Gasteiger partial charge in [0.15, 0.2) is 5.76 Å². The lowest BCUT2D eigenvalue weighted by molar-refractivity contribution is 0.0996. The summed E-state index contributed by atoms with van der Waals surface area (Å²) in [6.07, 6.45) is 0.898. The molecule has 6 heteroatoms. The Balaban J connectivity index is 1.38. The van der Waals surface area contributed by atoms with Gasteiger partial charge in [-0.15, -0.1) is 0 Å². The Hall–Kier alpha value is -4.06. The van der Waals surface area contributed by atoms with E-state index < -0.39 is 0 Å². The van der Waals surface area contributed by atoms with Crippen LogP contribution in [-0.4, -0.2) is 18.4 Å². The first-order valence-corrected chi connectivity index (χ1v) is 10.1. The van der Waals surface area contributed by atoms with E-state index in [2.05, 4.69) is 10.6 Å². The van der Waals surface area contributed by atoms with Gasteiger partial charge in [-0.1, -0.05) is 31.2 Å². The SMILES string of the molecule is CCCOc1cccc(C(=O)Nc2ccc(NC(=O)c3cc4ccccc4o3)cc2)c1. The minimum absolute atomic E-state index is 0.235. The van der Waals surface area contributed by atoms with Gasteiger partial charge in [0.1, 0.15) is 11.3 Å². The Morgan fingerprint density at radius 1 is 0.839 bits per heavy atom. The van der Waals surface area contributed by atoms with E-state index in [1.807, 2.05) is 37.3 Å². The molecule has 4 rings (SSSR count). The lowest BCUT2D eigenvalue weighted by atomic mass is 10.2. The van der Waals surface area contributed by atoms with E-state index in [1.165, 1.54) is 0 Å². The number of hydrogen-bond acceptors (Lipinski definition) is 4. The molecule has 6 nitrogen and oxygen atoms in total. The summed E-state index contributed by atoms with van der Waals surface area (Å²) in [6.45, 7) is 2.63. The molecule has 0 bridgehead atoms. The molecule has 31 heavy (non-hydrogen) atoms. The molecule has 2 N–H and O–H groups in total. The molecule has 2 amide bonds. The van der Waals surface area contributed by atoms with Gasteiger partial charge >= 0.3 is 0 Å². The summed E-state index contributed by atoms with van der Waals surface area (Å²) in [5, 5.41) is 6.51. The zero-order valence-corrected chi connectivity index (χ0v) is 17.1. The van der Waals surface area contributed by atoms with Crippen molar-refractivity contribution in [3.05, 3.63) is 90.2 Å². The summed E-state index contributed by atoms with van der Waals surface area (Å²) in [6, 6.07) is 23.1. The number of hydrogen-bond donors (Lipinski definition) is 2. The average molecular weight is 414 g/mol. The summed E-state index contributed by atoms with van der Waals surface area (Å²) >= 11 is 0. The van der Waals surface area contributed by atoms with Crippen LogP contribution in [0.25, 0.3) is 11.0 Å². The average Bonchev–Trinajstić information content (AvgIpc) is 3.24. The number of amides is 2. The number of ether oxygens (including phenoxy) is 1. The van der Waals surface area contributed by atoms with E-state index in [-0.39, 0.29) is 17.6 Å². The lowest BCUT2D eigenvalue weighted by Crippen LogP contribution is -2.13. The summed E-state index contributed by atoms with van der Waals surface area (Å²) in [5.74, 6) is 0.333. The van der Waals surface area contributed by atoms with Crippen LogP contribution in [0.3, 0.4) is 0 Å². The highest BCUT2D eigenvalue weighted by molar-refractivity contribution is 6.06. The molecule has 0 saturated heterocycles. The highest BCUT2D eigenvalue weighted by atomic mass is 16.5. The van der Waals surface area contributed by atoms with Crippen LogP contribution in [0.4, 0.5) is 11.4 Å². The monoisotopic (exact) mass is 414 g/mol. The molecule has 0 unspecified atom stereocenters. The fraction of sp³-hybridized carbons (Fsp3) is 0.120. The molecule has 3 aromatic carbocycles. The van der Waals surface area contributed by atoms with E-state index in [4.69, 9.17) is 9.15 Å². The summed E-state index contributed by atoms with van der Waals surface area (Å²) in [4.78, 5) is 25.0. The zero-order valence-electron chi connectivity index (χ0n) is 17.1. The fourth-order valence-corrected chi connectivity index (χ4v) is 3.07. The third-order valence-electron chi connectivity index (χ3n) is 4.62. The van der Waals surface area contributed by atoms with Crippen LogP contribution in [0.1, 0.15) is 34.3 Å². The number of fused-ring (bicyclic) bond motifs is 1. The van der Waals surface area contributed by atoms with Crippen molar-refractivity contribution in [2.75, 3.05) is 17.2 Å². The predicted molar refractivity (Wildman–Crippen MR) is 121 cm³/mol. The number of benzene rings is 3. The Morgan fingerprint density at radius 3 is 2.26 bits per heavy atom. The first-order chi connectivity index (χ1) is 15.1. The second kappa shape index (κ2) is 9.17. The van der Waals surface area contributed by atoms with Crippen molar-refractivity contribution in [3.63, 3.8) is 0 Å². The van der Waals surface area contributed by atoms with Gasteiger partial charge in [-0.05, 0) is 61.0 Å². The van der Waals surface area contributed by atoms with Gasteiger partial charge in [0.05, 0.1) is 6.61 Å². The van der Waals surface area contributed by atoms with Crippen LogP contribution < -0.4 is 15.4 Å². The summed E-state index contributed by atoms with van der Waals surface area (Å²) in [7, 11) is 0. The predicted octanol–water partition coefficient (Wildman–Crippen LogP) is 5.73. The van der Waals surface area contributed by atoms with Crippen LogP contribution in [0.5, 0.6) is 5.75 Å². The van der Waals surface area contributed by atoms with Crippen LogP contribution in [0, 0.1) is 0 Å². The molecule has 0 spiro atoms. The van der Waals surface area contributed by atoms with Gasteiger partial charge in [0, 0.05) is 22.3 Å². The third-order valence-corrected chi connectivity index (χ3v) is 4.62. The fourth-order valence-electron chi connectivity index (χ4n) is 3.07. The van der Waals surface area contributed by atoms with Gasteiger partial charge in [-0.2, -0.15) is 0 Å². The van der Waals surface area contributed by atoms with E-state index in [9.17, 15) is 9.59 Å². The highest BCUT2D eigenvalue weighted by Crippen LogP contribution is 2.21. The second-order valence-electron chi connectivity index (χ2n) is 7.01. The van der Waals surface area contributed by atoms with Gasteiger partial charge in [0.2, 0.25) is 0 Å². The maximum Gasteiger partial charge on any atom is 0.291 e. The zero-order chi connectivity index (χ0) is 21.6. The molecule has 0 aliphatic carbocycles. The minimum atomic E-state index is -0.336. The first kappa shape index (κ1) is 20.2. The van der Waals surface area contributed by atoms with Crippen LogP contribution >= 0.6 is 0 Å². The molecule has 1 heterocycles. The lowest BCUT2D eigenvalue weighted by Gasteiger charge is -2.09. The molecular formula is C25H22N2O4. The third kappa shape index (κ3) is 4.93. The largest absolute Gasteiger partial charge is 0.494 e. The number of furan rings is 1. The van der Waals surface area contributed by atoms with E-state index in [0.717, 1.165) is 11.8 Å². The summed E-state index contributed by atoms with van der Waals surface area (Å²) in [5.41, 5.74) is 2.38. The maximum absolute atomic E-state index is 12.5. The van der Waals surface area contributed by atoms with E-state index in [1.54, 1.807) is 48.5 Å². The number of para-hydroxylation sites is 1. The van der Waals surface area contributed by atoms with Crippen molar-refractivity contribution in [2.24, 2.45) is 0 Å². The second-order valence-corrected chi connectivity index (χ2v) is 7.01. The smallest absolute Gasteiger partial charge is 0.291 e. The normalized spacial score (nSPS) is 10.6. The van der Waals surface area contributed by atoms with Crippen molar-refractivity contribution >= 4 is 34.2 Å². The standard InChI is InChI=1S/C25H22N2O4/c1-2-14-30-21-8-5-7-18(15-21)24(28)26-19-10-12-20(13-11-19)27-25(29)23-16-17-6-3-4-9-22(17)31-23/h3-13,15-16H,2,14H2,1H3,(H,26,28)(H,27,29). The number of nitrogens with one attached hydrogen (secondary N) is 2. The molecule has 0 fully saturated rings. The molecule has 0 aliphatic heterocycles. The van der Waals surface area contributed by atoms with Gasteiger partial charge in [-0.25, -0.2) is 0 Å². The van der Waals surface area contributed by atoms with Crippen LogP contribution in [-0.2, 0) is 0 Å². The van der Waals surface area contributed by atoms with E-state index in [0.29, 0.717) is 34.9 Å². The van der Waals surface area contributed by atoms with Gasteiger partial charge in [0.25, 0.3) is 11.8 Å². The van der Waals surface area contributed by atoms with Crippen molar-refractivity contribution in [3.8, 4) is 5.75 Å². The number of rotatable bonds is 7. The minimum Gasteiger partial charge on any atom is -0.494 e. The molecule has 0 atom stereocenters. The number of carbonyl (C=O) groups excluding carboxylic acids is 2. The van der Waals surface area contributed by atoms with Crippen molar-refractivity contribution in [2.45, 2.75) is 13.3 Å². The molecule has 4 aromatic rings. The number of anilines is 2. The maximum atomic E-state index is 12.5. The molecule has 0 saturated carbocycles. The van der Waals surface area contributed by atoms with Crippen molar-refractivity contribution < 1.29 is 18.7 Å². The summed E-state index contributed by atoms with van der Waals surface area (Å²) < 4.78 is 11.2. The number of carbonyl (C=O) groups is 2. The first-order valence-electron chi connectivity index (χ1n) is 10.1. The van der Waals surface area contributed by atoms with Gasteiger partial charge in [-0.3, -0.25) is 9.59 Å².